The molecule has 2 N–H and O–H groups in total. The fourth-order valence-corrected chi connectivity index (χ4v) is 7.02. The van der Waals surface area contributed by atoms with Gasteiger partial charge in [0.05, 0.1) is 46.8 Å². The third-order valence-corrected chi connectivity index (χ3v) is 9.55. The molecule has 0 radical (unpaired) electrons. The van der Waals surface area contributed by atoms with Crippen molar-refractivity contribution in [3.05, 3.63) is 143 Å². The highest BCUT2D eigenvalue weighted by Gasteiger charge is 2.25. The van der Waals surface area contributed by atoms with Gasteiger partial charge in [0.1, 0.15) is 5.75 Å². The zero-order valence-electron chi connectivity index (χ0n) is 27.1. The van der Waals surface area contributed by atoms with Crippen molar-refractivity contribution >= 4 is 55.2 Å². The summed E-state index contributed by atoms with van der Waals surface area (Å²) in [5, 5.41) is 4.58. The summed E-state index contributed by atoms with van der Waals surface area (Å²) in [4.78, 5) is 35.7. The number of hydrogen-bond acceptors (Lipinski definition) is 5. The number of nitrogens with zero attached hydrogens (tertiary/aromatic N) is 3. The molecule has 0 saturated heterocycles. The molecule has 4 aromatic heterocycles. The number of rotatable bonds is 5. The highest BCUT2D eigenvalue weighted by Crippen LogP contribution is 2.43. The van der Waals surface area contributed by atoms with E-state index in [1.165, 1.54) is 6.33 Å². The van der Waals surface area contributed by atoms with Crippen LogP contribution in [0.5, 0.6) is 5.75 Å². The second kappa shape index (κ2) is 11.7. The first-order chi connectivity index (χ1) is 24.4. The predicted molar refractivity (Wildman–Crippen MR) is 203 cm³/mol. The fourth-order valence-electron chi connectivity index (χ4n) is 6.85. The molecular weight excluding hydrogens is 642 g/mol. The van der Waals surface area contributed by atoms with E-state index in [0.29, 0.717) is 32.7 Å². The topological polar surface area (TPSA) is 96.5 Å². The number of aromatic nitrogens is 5. The van der Waals surface area contributed by atoms with E-state index in [0.717, 1.165) is 72.2 Å². The van der Waals surface area contributed by atoms with Gasteiger partial charge >= 0.3 is 0 Å². The minimum absolute atomic E-state index is 0.297. The smallest absolute Gasteiger partial charge is 0.260 e. The number of aryl methyl sites for hydroxylation is 1. The standard InChI is InChI=1S/C42H28ClN5O2/c1-23-8-10-24(11-9-23)34-21-31(28-13-12-27-19-30(50-2)16-14-26(27)18-28)36-39-37(42(49)45-22-44-39)40(48-41(36)47-34)35-32-20-29(43)15-17-33(32)46-38(35)25-6-4-3-5-7-25/h3-22,46H,1-2H3,(H,44,45,49). The number of H-pyrrole nitrogens is 2. The molecule has 7 nitrogen and oxygen atoms in total. The van der Waals surface area contributed by atoms with Crippen molar-refractivity contribution in [3.8, 4) is 50.6 Å². The number of aromatic amines is 2. The Morgan fingerprint density at radius 1 is 0.740 bits per heavy atom. The zero-order chi connectivity index (χ0) is 33.9. The summed E-state index contributed by atoms with van der Waals surface area (Å²) in [6.45, 7) is 2.06. The van der Waals surface area contributed by atoms with Crippen LogP contribution >= 0.6 is 11.6 Å². The van der Waals surface area contributed by atoms with Gasteiger partial charge in [0.2, 0.25) is 0 Å². The van der Waals surface area contributed by atoms with Crippen molar-refractivity contribution in [2.45, 2.75) is 6.92 Å². The number of hydrogen-bond donors (Lipinski definition) is 2. The van der Waals surface area contributed by atoms with Crippen molar-refractivity contribution in [1.82, 2.24) is 24.9 Å². The summed E-state index contributed by atoms with van der Waals surface area (Å²) in [5.41, 5.74) is 9.23. The first-order valence-corrected chi connectivity index (χ1v) is 16.6. The third-order valence-electron chi connectivity index (χ3n) is 9.31. The molecular formula is C42H28ClN5O2. The molecule has 8 heteroatoms. The maximum absolute atomic E-state index is 14.0. The maximum Gasteiger partial charge on any atom is 0.260 e. The molecule has 0 fully saturated rings. The summed E-state index contributed by atoms with van der Waals surface area (Å²) in [5.74, 6) is 0.792. The summed E-state index contributed by atoms with van der Waals surface area (Å²) in [7, 11) is 1.67. The molecule has 0 saturated carbocycles. The average Bonchev–Trinajstić information content (AvgIpc) is 3.52. The summed E-state index contributed by atoms with van der Waals surface area (Å²) in [6.07, 6.45) is 1.45. The molecule has 0 bridgehead atoms. The molecule has 50 heavy (non-hydrogen) atoms. The van der Waals surface area contributed by atoms with Crippen molar-refractivity contribution in [1.29, 1.82) is 0 Å². The molecule has 9 rings (SSSR count). The zero-order valence-corrected chi connectivity index (χ0v) is 27.8. The largest absolute Gasteiger partial charge is 0.497 e. The van der Waals surface area contributed by atoms with Gasteiger partial charge in [-0.05, 0) is 76.9 Å². The molecule has 0 aliphatic heterocycles. The van der Waals surface area contributed by atoms with E-state index in [4.69, 9.17) is 31.3 Å². The Morgan fingerprint density at radius 3 is 2.34 bits per heavy atom. The van der Waals surface area contributed by atoms with Gasteiger partial charge in [0, 0.05) is 27.1 Å². The number of benzene rings is 5. The molecule has 0 aliphatic rings. The number of pyridine rings is 2. The Hall–Kier alpha value is -6.31. The van der Waals surface area contributed by atoms with Gasteiger partial charge in [-0.15, -0.1) is 0 Å². The Kier molecular flexibility index (Phi) is 6.96. The van der Waals surface area contributed by atoms with Crippen LogP contribution in [-0.4, -0.2) is 32.0 Å². The first-order valence-electron chi connectivity index (χ1n) is 16.2. The van der Waals surface area contributed by atoms with E-state index in [1.54, 1.807) is 7.11 Å². The summed E-state index contributed by atoms with van der Waals surface area (Å²) >= 11 is 6.59. The van der Waals surface area contributed by atoms with Crippen molar-refractivity contribution in [2.24, 2.45) is 0 Å². The van der Waals surface area contributed by atoms with Gasteiger partial charge in [0.25, 0.3) is 5.56 Å². The Morgan fingerprint density at radius 2 is 1.52 bits per heavy atom. The van der Waals surface area contributed by atoms with Gasteiger partial charge in [-0.3, -0.25) is 4.79 Å². The molecule has 9 aromatic rings. The number of nitrogens with one attached hydrogen (secondary N) is 2. The molecule has 240 valence electrons. The van der Waals surface area contributed by atoms with E-state index in [2.05, 4.69) is 65.4 Å². The highest BCUT2D eigenvalue weighted by atomic mass is 35.5. The predicted octanol–water partition coefficient (Wildman–Crippen LogP) is 10.1. The van der Waals surface area contributed by atoms with Crippen LogP contribution in [0.15, 0.2) is 126 Å². The van der Waals surface area contributed by atoms with Crippen LogP contribution in [0.3, 0.4) is 0 Å². The second-order valence-corrected chi connectivity index (χ2v) is 12.8. The van der Waals surface area contributed by atoms with Crippen molar-refractivity contribution in [2.75, 3.05) is 7.11 Å². The quantitative estimate of drug-likeness (QED) is 0.178. The third kappa shape index (κ3) is 4.90. The van der Waals surface area contributed by atoms with Gasteiger partial charge < -0.3 is 14.7 Å². The van der Waals surface area contributed by atoms with Gasteiger partial charge in [0.15, 0.2) is 5.65 Å². The minimum atomic E-state index is -0.297. The lowest BCUT2D eigenvalue weighted by Gasteiger charge is -2.15. The molecule has 0 atom stereocenters. The molecule has 4 heterocycles. The van der Waals surface area contributed by atoms with Crippen LogP contribution < -0.4 is 10.3 Å². The molecule has 5 aromatic carbocycles. The SMILES string of the molecule is COc1ccc2cc(-c3cc(-c4ccc(C)cc4)nc4nc(-c5c(-c6ccccc6)[nH]c6ccc(Cl)cc56)c5c(=O)[nH]cnc5c34)ccc2c1. The Labute approximate surface area is 291 Å². The lowest BCUT2D eigenvalue weighted by atomic mass is 9.94. The first kappa shape index (κ1) is 29.8. The normalized spacial score (nSPS) is 11.6. The van der Waals surface area contributed by atoms with Gasteiger partial charge in [-0.1, -0.05) is 90.0 Å². The number of methoxy groups -OCH3 is 1. The Bertz CT molecular complexity index is 2840. The van der Waals surface area contributed by atoms with Crippen LogP contribution in [0.25, 0.3) is 88.5 Å². The maximum atomic E-state index is 14.0. The van der Waals surface area contributed by atoms with Gasteiger partial charge in [-0.25, -0.2) is 15.0 Å². The molecule has 0 aliphatic carbocycles. The second-order valence-electron chi connectivity index (χ2n) is 12.4. The lowest BCUT2D eigenvalue weighted by molar-refractivity contribution is 0.415. The number of ether oxygens (including phenoxy) is 1. The molecule has 0 amide bonds. The molecule has 0 spiro atoms. The van der Waals surface area contributed by atoms with Gasteiger partial charge in [-0.2, -0.15) is 0 Å². The van der Waals surface area contributed by atoms with Crippen LogP contribution in [-0.2, 0) is 0 Å². The van der Waals surface area contributed by atoms with Crippen molar-refractivity contribution < 1.29 is 4.74 Å². The number of halogens is 1. The summed E-state index contributed by atoms with van der Waals surface area (Å²) in [6, 6.07) is 38.4. The fraction of sp³-hybridized carbons (Fsp3) is 0.0476. The van der Waals surface area contributed by atoms with Crippen LogP contribution in [0, 0.1) is 6.92 Å². The minimum Gasteiger partial charge on any atom is -0.497 e. The molecule has 0 unspecified atom stereocenters. The van der Waals surface area contributed by atoms with E-state index in [-0.39, 0.29) is 5.56 Å². The summed E-state index contributed by atoms with van der Waals surface area (Å²) < 4.78 is 5.47. The van der Waals surface area contributed by atoms with E-state index < -0.39 is 0 Å². The van der Waals surface area contributed by atoms with Crippen molar-refractivity contribution in [3.63, 3.8) is 0 Å². The Balaban J connectivity index is 1.42. The van der Waals surface area contributed by atoms with E-state index in [1.807, 2.05) is 66.7 Å². The number of fused-ring (bicyclic) bond motifs is 5. The van der Waals surface area contributed by atoms with Crippen LogP contribution in [0.1, 0.15) is 5.56 Å². The monoisotopic (exact) mass is 669 g/mol. The van der Waals surface area contributed by atoms with E-state index in [9.17, 15) is 4.79 Å². The lowest BCUT2D eigenvalue weighted by Crippen LogP contribution is -2.10. The highest BCUT2D eigenvalue weighted by molar-refractivity contribution is 6.31. The van der Waals surface area contributed by atoms with Crippen LogP contribution in [0.2, 0.25) is 5.02 Å². The van der Waals surface area contributed by atoms with E-state index >= 15 is 0 Å². The van der Waals surface area contributed by atoms with Crippen LogP contribution in [0.4, 0.5) is 0 Å². The average molecular weight is 670 g/mol.